The minimum absolute atomic E-state index is 0.0556. The van der Waals surface area contributed by atoms with E-state index < -0.39 is 0 Å². The van der Waals surface area contributed by atoms with Crippen LogP contribution in [0, 0.1) is 0 Å². The number of hydrogen-bond acceptors (Lipinski definition) is 2. The molecular weight excluding hydrogens is 204 g/mol. The van der Waals surface area contributed by atoms with Crippen LogP contribution < -0.4 is 5.32 Å². The molecule has 0 fully saturated rings. The van der Waals surface area contributed by atoms with Crippen molar-refractivity contribution in [1.29, 1.82) is 0 Å². The fraction of sp³-hybridized carbons (Fsp3) is 0.500. The van der Waals surface area contributed by atoms with Crippen LogP contribution in [0.5, 0.6) is 0 Å². The van der Waals surface area contributed by atoms with E-state index in [1.807, 2.05) is 13.8 Å². The largest absolute Gasteiger partial charge is 0.350 e. The molecule has 1 atom stereocenters. The number of hydrogen-bond donors (Lipinski definition) is 1. The summed E-state index contributed by atoms with van der Waals surface area (Å²) in [5.41, 5.74) is 0. The van der Waals surface area contributed by atoms with Crippen LogP contribution in [-0.2, 0) is 9.59 Å². The molecular formula is C12H22N2O2. The number of amides is 2. The van der Waals surface area contributed by atoms with Gasteiger partial charge in [-0.15, -0.1) is 0 Å². The van der Waals surface area contributed by atoms with Crippen LogP contribution in [0.25, 0.3) is 0 Å². The van der Waals surface area contributed by atoms with Gasteiger partial charge in [0.2, 0.25) is 11.8 Å². The van der Waals surface area contributed by atoms with Crippen LogP contribution in [-0.4, -0.2) is 36.9 Å². The quantitative estimate of drug-likeness (QED) is 0.736. The van der Waals surface area contributed by atoms with Crippen LogP contribution in [0.4, 0.5) is 0 Å². The standard InChI is InChI=1S/C7H13NO.C5H9NO/c1-4-6(3)8-7(9)5-2;1-4-5(7)6(2)3/h5-6H,2,4H2,1,3H3,(H,8,9);4H,1H2,2-3H3. The normalized spacial score (nSPS) is 10.2. The molecule has 16 heavy (non-hydrogen) atoms. The first-order valence-electron chi connectivity index (χ1n) is 5.15. The number of nitrogens with zero attached hydrogens (tertiary/aromatic N) is 1. The summed E-state index contributed by atoms with van der Waals surface area (Å²) in [6.45, 7) is 10.6. The fourth-order valence-electron chi connectivity index (χ4n) is 0.586. The Morgan fingerprint density at radius 2 is 1.81 bits per heavy atom. The van der Waals surface area contributed by atoms with Crippen LogP contribution in [0.3, 0.4) is 0 Å². The average molecular weight is 226 g/mol. The van der Waals surface area contributed by atoms with Gasteiger partial charge < -0.3 is 10.2 Å². The molecule has 0 saturated carbocycles. The molecule has 0 aromatic rings. The third-order valence-corrected chi connectivity index (χ3v) is 1.80. The van der Waals surface area contributed by atoms with Gasteiger partial charge in [-0.2, -0.15) is 0 Å². The summed E-state index contributed by atoms with van der Waals surface area (Å²) in [6.07, 6.45) is 3.52. The Labute approximate surface area is 98.0 Å². The monoisotopic (exact) mass is 226 g/mol. The summed E-state index contributed by atoms with van der Waals surface area (Å²) in [5, 5.41) is 2.72. The molecule has 92 valence electrons. The van der Waals surface area contributed by atoms with Crippen LogP contribution >= 0.6 is 0 Å². The first-order valence-corrected chi connectivity index (χ1v) is 5.15. The van der Waals surface area contributed by atoms with E-state index in [2.05, 4.69) is 18.5 Å². The second-order valence-electron chi connectivity index (χ2n) is 3.46. The highest BCUT2D eigenvalue weighted by molar-refractivity contribution is 5.87. The zero-order valence-corrected chi connectivity index (χ0v) is 10.6. The van der Waals surface area contributed by atoms with E-state index in [4.69, 9.17) is 0 Å². The molecule has 0 rings (SSSR count). The smallest absolute Gasteiger partial charge is 0.245 e. The fourth-order valence-corrected chi connectivity index (χ4v) is 0.586. The lowest BCUT2D eigenvalue weighted by Gasteiger charge is -2.07. The van der Waals surface area contributed by atoms with Gasteiger partial charge in [0.05, 0.1) is 0 Å². The molecule has 0 heterocycles. The van der Waals surface area contributed by atoms with Crippen LogP contribution in [0.2, 0.25) is 0 Å². The topological polar surface area (TPSA) is 49.4 Å². The highest BCUT2D eigenvalue weighted by atomic mass is 16.2. The Morgan fingerprint density at radius 1 is 1.31 bits per heavy atom. The molecule has 4 heteroatoms. The van der Waals surface area contributed by atoms with Crippen molar-refractivity contribution in [2.24, 2.45) is 0 Å². The number of likely N-dealkylation sites (N-methyl/N-ethyl adjacent to an activating group) is 1. The molecule has 0 radical (unpaired) electrons. The first-order chi connectivity index (χ1) is 7.38. The Morgan fingerprint density at radius 3 is 2.00 bits per heavy atom. The Kier molecular flexibility index (Phi) is 10.5. The number of carbonyl (C=O) groups is 2. The molecule has 0 aliphatic rings. The van der Waals surface area contributed by atoms with E-state index >= 15 is 0 Å². The van der Waals surface area contributed by atoms with Gasteiger partial charge in [-0.3, -0.25) is 9.59 Å². The van der Waals surface area contributed by atoms with Gasteiger partial charge in [-0.05, 0) is 25.5 Å². The minimum Gasteiger partial charge on any atom is -0.350 e. The zero-order chi connectivity index (χ0) is 13.1. The SMILES string of the molecule is C=CC(=O)N(C)C.C=CC(=O)NC(C)CC. The maximum Gasteiger partial charge on any atom is 0.245 e. The molecule has 2 amide bonds. The second kappa shape index (κ2) is 9.96. The average Bonchev–Trinajstić information content (AvgIpc) is 2.28. The molecule has 0 spiro atoms. The highest BCUT2D eigenvalue weighted by Gasteiger charge is 1.98. The summed E-state index contributed by atoms with van der Waals surface area (Å²) >= 11 is 0. The van der Waals surface area contributed by atoms with Gasteiger partial charge in [0.1, 0.15) is 0 Å². The van der Waals surface area contributed by atoms with Crippen molar-refractivity contribution in [3.8, 4) is 0 Å². The summed E-state index contributed by atoms with van der Waals surface area (Å²) in [7, 11) is 3.37. The predicted octanol–water partition coefficient (Wildman–Crippen LogP) is 1.35. The summed E-state index contributed by atoms with van der Waals surface area (Å²) in [4.78, 5) is 22.3. The van der Waals surface area contributed by atoms with Gasteiger partial charge in [0, 0.05) is 20.1 Å². The van der Waals surface area contributed by atoms with Gasteiger partial charge in [-0.1, -0.05) is 20.1 Å². The van der Waals surface area contributed by atoms with Gasteiger partial charge in [-0.25, -0.2) is 0 Å². The molecule has 0 aromatic heterocycles. The van der Waals surface area contributed by atoms with E-state index in [9.17, 15) is 9.59 Å². The van der Waals surface area contributed by atoms with Crippen LogP contribution in [0.1, 0.15) is 20.3 Å². The van der Waals surface area contributed by atoms with Crippen LogP contribution in [0.15, 0.2) is 25.3 Å². The van der Waals surface area contributed by atoms with Gasteiger partial charge >= 0.3 is 0 Å². The van der Waals surface area contributed by atoms with Crippen molar-refractivity contribution in [2.45, 2.75) is 26.3 Å². The molecule has 0 aliphatic heterocycles. The lowest BCUT2D eigenvalue weighted by Crippen LogP contribution is -2.30. The van der Waals surface area contributed by atoms with E-state index in [-0.39, 0.29) is 17.9 Å². The van der Waals surface area contributed by atoms with Gasteiger partial charge in [0.25, 0.3) is 0 Å². The van der Waals surface area contributed by atoms with Crippen molar-refractivity contribution in [2.75, 3.05) is 14.1 Å². The maximum atomic E-state index is 10.6. The van der Waals surface area contributed by atoms with E-state index in [0.29, 0.717) is 0 Å². The van der Waals surface area contributed by atoms with Crippen molar-refractivity contribution >= 4 is 11.8 Å². The first kappa shape index (κ1) is 16.8. The van der Waals surface area contributed by atoms with Crippen molar-refractivity contribution in [3.63, 3.8) is 0 Å². The van der Waals surface area contributed by atoms with Crippen molar-refractivity contribution in [3.05, 3.63) is 25.3 Å². The number of nitrogens with one attached hydrogen (secondary N) is 1. The maximum absolute atomic E-state index is 10.6. The highest BCUT2D eigenvalue weighted by Crippen LogP contribution is 1.86. The molecule has 0 aliphatic carbocycles. The lowest BCUT2D eigenvalue weighted by atomic mass is 10.2. The number of rotatable bonds is 4. The summed E-state index contributed by atoms with van der Waals surface area (Å²) < 4.78 is 0. The summed E-state index contributed by atoms with van der Waals surface area (Å²) in [5.74, 6) is -0.149. The Hall–Kier alpha value is -1.58. The third kappa shape index (κ3) is 10.5. The second-order valence-corrected chi connectivity index (χ2v) is 3.46. The molecule has 0 saturated heterocycles. The third-order valence-electron chi connectivity index (χ3n) is 1.80. The Bertz CT molecular complexity index is 247. The van der Waals surface area contributed by atoms with Crippen molar-refractivity contribution < 1.29 is 9.59 Å². The Balaban J connectivity index is 0. The number of carbonyl (C=O) groups excluding carboxylic acids is 2. The van der Waals surface area contributed by atoms with E-state index in [1.165, 1.54) is 17.1 Å². The molecule has 0 aromatic carbocycles. The molecule has 0 bridgehead atoms. The predicted molar refractivity (Wildman–Crippen MR) is 67.0 cm³/mol. The summed E-state index contributed by atoms with van der Waals surface area (Å²) in [6, 6.07) is 0.260. The van der Waals surface area contributed by atoms with Crippen molar-refractivity contribution in [1.82, 2.24) is 10.2 Å². The minimum atomic E-state index is -0.0932. The molecule has 1 unspecified atom stereocenters. The van der Waals surface area contributed by atoms with Gasteiger partial charge in [0.15, 0.2) is 0 Å². The molecule has 1 N–H and O–H groups in total. The zero-order valence-electron chi connectivity index (χ0n) is 10.6. The molecule has 4 nitrogen and oxygen atoms in total. The van der Waals surface area contributed by atoms with E-state index in [1.54, 1.807) is 14.1 Å². The van der Waals surface area contributed by atoms with E-state index in [0.717, 1.165) is 6.42 Å². The lowest BCUT2D eigenvalue weighted by molar-refractivity contribution is -0.123.